The van der Waals surface area contributed by atoms with Crippen molar-refractivity contribution in [1.82, 2.24) is 4.90 Å². The Labute approximate surface area is 235 Å². The Hall–Kier alpha value is -3.33. The van der Waals surface area contributed by atoms with Crippen LogP contribution in [-0.4, -0.2) is 56.7 Å². The number of hydrogen-bond acceptors (Lipinski definition) is 6. The van der Waals surface area contributed by atoms with Crippen LogP contribution in [0.5, 0.6) is 0 Å². The summed E-state index contributed by atoms with van der Waals surface area (Å²) in [5.41, 5.74) is 3.44. The number of hydrogen-bond donors (Lipinski definition) is 0. The monoisotopic (exact) mass is 563 g/mol. The van der Waals surface area contributed by atoms with Gasteiger partial charge in [0, 0.05) is 11.8 Å². The van der Waals surface area contributed by atoms with Crippen LogP contribution in [0.4, 0.5) is 4.79 Å². The molecule has 39 heavy (non-hydrogen) atoms. The van der Waals surface area contributed by atoms with Crippen molar-refractivity contribution in [1.29, 1.82) is 0 Å². The van der Waals surface area contributed by atoms with E-state index < -0.39 is 21.0 Å². The molecule has 3 aromatic carbocycles. The van der Waals surface area contributed by atoms with E-state index in [9.17, 15) is 13.2 Å². The van der Waals surface area contributed by atoms with Crippen LogP contribution in [0.1, 0.15) is 23.1 Å². The molecule has 1 fully saturated rings. The zero-order valence-electron chi connectivity index (χ0n) is 21.9. The van der Waals surface area contributed by atoms with Crippen molar-refractivity contribution in [2.45, 2.75) is 22.5 Å². The van der Waals surface area contributed by atoms with Crippen LogP contribution in [0.2, 0.25) is 0 Å². The summed E-state index contributed by atoms with van der Waals surface area (Å²) in [5, 5.41) is 0.0485. The van der Waals surface area contributed by atoms with E-state index in [-0.39, 0.29) is 24.5 Å². The molecule has 0 unspecified atom stereocenters. The Bertz CT molecular complexity index is 1270. The average molecular weight is 564 g/mol. The maximum absolute atomic E-state index is 13.0. The van der Waals surface area contributed by atoms with E-state index in [1.54, 1.807) is 11.0 Å². The fourth-order valence-corrected chi connectivity index (χ4v) is 7.04. The van der Waals surface area contributed by atoms with E-state index in [4.69, 9.17) is 8.92 Å². The van der Waals surface area contributed by atoms with Crippen LogP contribution in [0.15, 0.2) is 116 Å². The van der Waals surface area contributed by atoms with Gasteiger partial charge in [0.25, 0.3) is 10.1 Å². The third-order valence-electron chi connectivity index (χ3n) is 6.49. The molecule has 0 aliphatic carbocycles. The lowest BCUT2D eigenvalue weighted by atomic mass is 9.84. The molecule has 1 amide bonds. The zero-order valence-corrected chi connectivity index (χ0v) is 23.5. The molecule has 0 spiro atoms. The summed E-state index contributed by atoms with van der Waals surface area (Å²) < 4.78 is 32.5. The van der Waals surface area contributed by atoms with Crippen molar-refractivity contribution in [2.24, 2.45) is 0 Å². The van der Waals surface area contributed by atoms with Gasteiger partial charge in [0.05, 0.1) is 23.7 Å². The summed E-state index contributed by atoms with van der Waals surface area (Å²) in [7, 11) is -3.56. The SMILES string of the molecule is C=CCOC(=O)N1C[C@@H](SC(c2ccccc2)(c2ccccc2)c2ccccc2)C[C@H]1/C=C\COS(C)(=O)=O. The van der Waals surface area contributed by atoms with E-state index in [1.807, 2.05) is 36.0 Å². The molecule has 1 aliphatic heterocycles. The first-order chi connectivity index (χ1) is 18.8. The summed E-state index contributed by atoms with van der Waals surface area (Å²) in [6, 6.07) is 31.0. The Morgan fingerprint density at radius 1 is 0.949 bits per heavy atom. The lowest BCUT2D eigenvalue weighted by Gasteiger charge is -2.37. The highest BCUT2D eigenvalue weighted by atomic mass is 32.2. The molecule has 0 radical (unpaired) electrons. The quantitative estimate of drug-likeness (QED) is 0.162. The van der Waals surface area contributed by atoms with Crippen LogP contribution in [0.25, 0.3) is 0 Å². The molecule has 1 aliphatic rings. The standard InChI is InChI=1S/C31H33NO5S2/c1-3-21-36-30(33)32-24-29(23-28(32)20-13-22-37-39(2,34)35)38-31(25-14-7-4-8-15-25,26-16-9-5-10-17-26)27-18-11-6-12-19-27/h3-20,28-29H,1,21-24H2,2H3/b20-13-/t28-,29+/m1/s1. The number of thioether (sulfide) groups is 1. The van der Waals surface area contributed by atoms with Gasteiger partial charge in [-0.15, -0.1) is 11.8 Å². The number of nitrogens with zero attached hydrogens (tertiary/aromatic N) is 1. The van der Waals surface area contributed by atoms with Gasteiger partial charge >= 0.3 is 6.09 Å². The Morgan fingerprint density at radius 3 is 1.92 bits per heavy atom. The largest absolute Gasteiger partial charge is 0.445 e. The lowest BCUT2D eigenvalue weighted by Crippen LogP contribution is -2.36. The summed E-state index contributed by atoms with van der Waals surface area (Å²) in [6.07, 6.45) is 6.26. The van der Waals surface area contributed by atoms with E-state index in [2.05, 4.69) is 79.4 Å². The normalized spacial score (nSPS) is 17.8. The molecule has 204 valence electrons. The van der Waals surface area contributed by atoms with Crippen LogP contribution in [0, 0.1) is 0 Å². The average Bonchev–Trinajstić information content (AvgIpc) is 3.36. The molecular formula is C31H33NO5S2. The van der Waals surface area contributed by atoms with E-state index in [0.717, 1.165) is 22.9 Å². The molecule has 0 aromatic heterocycles. The maximum atomic E-state index is 13.0. The van der Waals surface area contributed by atoms with Gasteiger partial charge < -0.3 is 9.64 Å². The molecule has 0 bridgehead atoms. The molecule has 3 aromatic rings. The van der Waals surface area contributed by atoms with Gasteiger partial charge in [0.2, 0.25) is 0 Å². The first-order valence-corrected chi connectivity index (χ1v) is 15.4. The highest BCUT2D eigenvalue weighted by Crippen LogP contribution is 2.52. The van der Waals surface area contributed by atoms with Gasteiger partial charge in [-0.05, 0) is 23.1 Å². The smallest absolute Gasteiger partial charge is 0.410 e. The molecule has 2 atom stereocenters. The summed E-state index contributed by atoms with van der Waals surface area (Å²) in [5.74, 6) is 0. The van der Waals surface area contributed by atoms with Crippen LogP contribution in [0.3, 0.4) is 0 Å². The highest BCUT2D eigenvalue weighted by molar-refractivity contribution is 8.01. The zero-order chi connectivity index (χ0) is 27.7. The predicted octanol–water partition coefficient (Wildman–Crippen LogP) is 6.01. The highest BCUT2D eigenvalue weighted by Gasteiger charge is 2.44. The summed E-state index contributed by atoms with van der Waals surface area (Å²) in [4.78, 5) is 14.7. The first-order valence-electron chi connectivity index (χ1n) is 12.7. The van der Waals surface area contributed by atoms with Gasteiger partial charge in [0.1, 0.15) is 6.61 Å². The first kappa shape index (κ1) is 28.7. The minimum atomic E-state index is -3.56. The van der Waals surface area contributed by atoms with Crippen LogP contribution < -0.4 is 0 Å². The molecule has 0 N–H and O–H groups in total. The molecular weight excluding hydrogens is 530 g/mol. The topological polar surface area (TPSA) is 72.9 Å². The van der Waals surface area contributed by atoms with E-state index >= 15 is 0 Å². The Morgan fingerprint density at radius 2 is 1.46 bits per heavy atom. The lowest BCUT2D eigenvalue weighted by molar-refractivity contribution is 0.114. The van der Waals surface area contributed by atoms with Crippen molar-refractivity contribution < 1.29 is 22.1 Å². The summed E-state index contributed by atoms with van der Waals surface area (Å²) >= 11 is 1.82. The number of carbonyl (C=O) groups excluding carboxylic acids is 1. The minimum Gasteiger partial charge on any atom is -0.445 e. The Kier molecular flexibility index (Phi) is 9.67. The van der Waals surface area contributed by atoms with Crippen molar-refractivity contribution in [3.05, 3.63) is 132 Å². The fourth-order valence-electron chi connectivity index (χ4n) is 4.87. The minimum absolute atomic E-state index is 0.0485. The molecule has 8 heteroatoms. The second kappa shape index (κ2) is 13.2. The Balaban J connectivity index is 1.72. The van der Waals surface area contributed by atoms with Crippen molar-refractivity contribution >= 4 is 28.0 Å². The number of likely N-dealkylation sites (tertiary alicyclic amines) is 1. The fraction of sp³-hybridized carbons (Fsp3) is 0.258. The van der Waals surface area contributed by atoms with Gasteiger partial charge in [-0.3, -0.25) is 4.18 Å². The van der Waals surface area contributed by atoms with Crippen LogP contribution >= 0.6 is 11.8 Å². The number of carbonyl (C=O) groups is 1. The number of rotatable bonds is 11. The van der Waals surface area contributed by atoms with Gasteiger partial charge in [-0.25, -0.2) is 4.79 Å². The van der Waals surface area contributed by atoms with Gasteiger partial charge in [-0.1, -0.05) is 116 Å². The van der Waals surface area contributed by atoms with E-state index in [1.165, 1.54) is 6.08 Å². The molecule has 1 saturated heterocycles. The number of ether oxygens (including phenoxy) is 1. The van der Waals surface area contributed by atoms with Gasteiger partial charge in [-0.2, -0.15) is 8.42 Å². The second-order valence-corrected chi connectivity index (χ2v) is 12.4. The summed E-state index contributed by atoms with van der Waals surface area (Å²) in [6.45, 7) is 4.13. The second-order valence-electron chi connectivity index (χ2n) is 9.26. The molecule has 6 nitrogen and oxygen atoms in total. The molecule has 0 saturated carbocycles. The predicted molar refractivity (Wildman–Crippen MR) is 157 cm³/mol. The third-order valence-corrected chi connectivity index (χ3v) is 8.78. The van der Waals surface area contributed by atoms with Crippen molar-refractivity contribution in [3.63, 3.8) is 0 Å². The number of benzene rings is 3. The van der Waals surface area contributed by atoms with Crippen molar-refractivity contribution in [3.8, 4) is 0 Å². The van der Waals surface area contributed by atoms with E-state index in [0.29, 0.717) is 13.0 Å². The van der Waals surface area contributed by atoms with Crippen molar-refractivity contribution in [2.75, 3.05) is 26.0 Å². The molecule has 4 rings (SSSR count). The molecule has 1 heterocycles. The van der Waals surface area contributed by atoms with Gasteiger partial charge in [0.15, 0.2) is 0 Å². The maximum Gasteiger partial charge on any atom is 0.410 e. The van der Waals surface area contributed by atoms with Crippen LogP contribution in [-0.2, 0) is 23.8 Å². The number of amides is 1. The third kappa shape index (κ3) is 7.20.